The molecule has 0 saturated heterocycles. The molecule has 2 aliphatic rings. The largest absolute Gasteiger partial charge is 0.352 e. The second kappa shape index (κ2) is 5.35. The highest BCUT2D eigenvalue weighted by Gasteiger charge is 2.24. The minimum atomic E-state index is 0.558. The Morgan fingerprint density at radius 1 is 1.18 bits per heavy atom. The molecule has 112 valence electrons. The summed E-state index contributed by atoms with van der Waals surface area (Å²) in [5.41, 5.74) is 2.23. The summed E-state index contributed by atoms with van der Waals surface area (Å²) in [6, 6.07) is 6.31. The van der Waals surface area contributed by atoms with E-state index in [1.54, 1.807) is 0 Å². The fourth-order valence-electron chi connectivity index (χ4n) is 3.04. The Kier molecular flexibility index (Phi) is 3.33. The van der Waals surface area contributed by atoms with Gasteiger partial charge in [-0.1, -0.05) is 28.1 Å². The maximum atomic E-state index is 4.85. The molecule has 6 heteroatoms. The second-order valence-electron chi connectivity index (χ2n) is 5.51. The predicted octanol–water partition coefficient (Wildman–Crippen LogP) is 2.86. The van der Waals surface area contributed by atoms with Gasteiger partial charge in [0.25, 0.3) is 0 Å². The Labute approximate surface area is 137 Å². The molecule has 0 aliphatic carbocycles. The summed E-state index contributed by atoms with van der Waals surface area (Å²) >= 11 is 3.59. The Bertz CT molecular complexity index is 790. The number of aryl methyl sites for hydroxylation is 1. The molecule has 5 nitrogen and oxygen atoms in total. The van der Waals surface area contributed by atoms with Gasteiger partial charge in [-0.15, -0.1) is 10.2 Å². The topological polar surface area (TPSA) is 46.3 Å². The monoisotopic (exact) mass is 357 g/mol. The van der Waals surface area contributed by atoms with Crippen LogP contribution in [0.15, 0.2) is 39.8 Å². The number of aromatic nitrogens is 3. The van der Waals surface area contributed by atoms with E-state index in [9.17, 15) is 0 Å². The number of amidine groups is 1. The van der Waals surface area contributed by atoms with Crippen molar-refractivity contribution in [3.63, 3.8) is 0 Å². The lowest BCUT2D eigenvalue weighted by Crippen LogP contribution is -2.35. The molecule has 2 aliphatic heterocycles. The number of aliphatic imine (C=N–C) groups is 1. The lowest BCUT2D eigenvalue weighted by molar-refractivity contribution is 0.453. The molecule has 1 aromatic heterocycles. The van der Waals surface area contributed by atoms with Gasteiger partial charge in [0.15, 0.2) is 5.82 Å². The summed E-state index contributed by atoms with van der Waals surface area (Å²) in [5.74, 6) is 2.84. The fourth-order valence-corrected chi connectivity index (χ4v) is 3.40. The van der Waals surface area contributed by atoms with E-state index in [0.717, 1.165) is 52.7 Å². The van der Waals surface area contributed by atoms with E-state index in [2.05, 4.69) is 65.9 Å². The van der Waals surface area contributed by atoms with E-state index in [1.807, 2.05) is 6.92 Å². The molecular weight excluding hydrogens is 342 g/mol. The standard InChI is InChI=1S/C16H16BrN5/c1-11-19-20-15-10-18-16(21-7-3-2-4-8-21)13-9-12(17)5-6-14(13)22(11)15/h2-3,5-6,9H,4,7-8,10H2,1H3. The average molecular weight is 358 g/mol. The van der Waals surface area contributed by atoms with Crippen molar-refractivity contribution in [3.05, 3.63) is 52.0 Å². The molecule has 0 N–H and O–H groups in total. The Morgan fingerprint density at radius 3 is 2.91 bits per heavy atom. The fraction of sp³-hybridized carbons (Fsp3) is 0.312. The average Bonchev–Trinajstić information content (AvgIpc) is 2.82. The molecule has 0 atom stereocenters. The van der Waals surface area contributed by atoms with Gasteiger partial charge in [0.2, 0.25) is 0 Å². The third-order valence-electron chi connectivity index (χ3n) is 4.06. The van der Waals surface area contributed by atoms with Gasteiger partial charge in [0.1, 0.15) is 18.2 Å². The lowest BCUT2D eigenvalue weighted by atomic mass is 10.1. The van der Waals surface area contributed by atoms with Crippen molar-refractivity contribution in [2.45, 2.75) is 19.9 Å². The Balaban J connectivity index is 1.91. The van der Waals surface area contributed by atoms with Crippen LogP contribution in [0.1, 0.15) is 23.6 Å². The van der Waals surface area contributed by atoms with E-state index in [-0.39, 0.29) is 0 Å². The van der Waals surface area contributed by atoms with Crippen LogP contribution in [0.5, 0.6) is 0 Å². The summed E-state index contributed by atoms with van der Waals surface area (Å²) < 4.78 is 3.17. The molecule has 0 saturated carbocycles. The van der Waals surface area contributed by atoms with Gasteiger partial charge < -0.3 is 4.90 Å². The van der Waals surface area contributed by atoms with Gasteiger partial charge in [0.05, 0.1) is 5.69 Å². The number of rotatable bonds is 0. The molecule has 0 fully saturated rings. The van der Waals surface area contributed by atoms with Crippen molar-refractivity contribution in [3.8, 4) is 5.69 Å². The van der Waals surface area contributed by atoms with Crippen molar-refractivity contribution >= 4 is 21.8 Å². The second-order valence-corrected chi connectivity index (χ2v) is 6.42. The first-order valence-electron chi connectivity index (χ1n) is 7.39. The van der Waals surface area contributed by atoms with Gasteiger partial charge >= 0.3 is 0 Å². The van der Waals surface area contributed by atoms with Gasteiger partial charge in [-0.25, -0.2) is 0 Å². The molecule has 22 heavy (non-hydrogen) atoms. The van der Waals surface area contributed by atoms with Crippen LogP contribution in [0.25, 0.3) is 5.69 Å². The predicted molar refractivity (Wildman–Crippen MR) is 89.4 cm³/mol. The summed E-state index contributed by atoms with van der Waals surface area (Å²) in [6.07, 6.45) is 5.50. The van der Waals surface area contributed by atoms with Crippen molar-refractivity contribution in [2.75, 3.05) is 13.1 Å². The number of halogens is 1. The van der Waals surface area contributed by atoms with Crippen LogP contribution in [0.2, 0.25) is 0 Å². The molecule has 0 radical (unpaired) electrons. The number of hydrogen-bond donors (Lipinski definition) is 0. The first-order chi connectivity index (χ1) is 10.7. The zero-order valence-corrected chi connectivity index (χ0v) is 13.9. The van der Waals surface area contributed by atoms with Crippen LogP contribution in [0.3, 0.4) is 0 Å². The minimum absolute atomic E-state index is 0.558. The third-order valence-corrected chi connectivity index (χ3v) is 4.55. The van der Waals surface area contributed by atoms with Crippen LogP contribution < -0.4 is 0 Å². The van der Waals surface area contributed by atoms with Gasteiger partial charge in [0, 0.05) is 23.1 Å². The minimum Gasteiger partial charge on any atom is -0.352 e. The lowest BCUT2D eigenvalue weighted by Gasteiger charge is -2.27. The number of nitrogens with zero attached hydrogens (tertiary/aromatic N) is 5. The van der Waals surface area contributed by atoms with Crippen molar-refractivity contribution in [1.29, 1.82) is 0 Å². The molecule has 3 heterocycles. The quantitative estimate of drug-likeness (QED) is 0.681. The summed E-state index contributed by atoms with van der Waals surface area (Å²) in [6.45, 7) is 4.45. The zero-order valence-electron chi connectivity index (χ0n) is 12.3. The van der Waals surface area contributed by atoms with Crippen molar-refractivity contribution in [1.82, 2.24) is 19.7 Å². The van der Waals surface area contributed by atoms with E-state index in [1.165, 1.54) is 0 Å². The van der Waals surface area contributed by atoms with E-state index >= 15 is 0 Å². The molecule has 1 aromatic carbocycles. The molecule has 0 unspecified atom stereocenters. The highest BCUT2D eigenvalue weighted by molar-refractivity contribution is 9.10. The smallest absolute Gasteiger partial charge is 0.159 e. The van der Waals surface area contributed by atoms with Crippen molar-refractivity contribution < 1.29 is 0 Å². The number of benzene rings is 1. The highest BCUT2D eigenvalue weighted by atomic mass is 79.9. The molecule has 0 spiro atoms. The van der Waals surface area contributed by atoms with Crippen LogP contribution in [-0.2, 0) is 6.54 Å². The normalized spacial score (nSPS) is 16.8. The van der Waals surface area contributed by atoms with Gasteiger partial charge in [-0.2, -0.15) is 0 Å². The maximum absolute atomic E-state index is 4.85. The van der Waals surface area contributed by atoms with Gasteiger partial charge in [-0.3, -0.25) is 9.56 Å². The molecular formula is C16H16BrN5. The van der Waals surface area contributed by atoms with E-state index in [4.69, 9.17) is 4.99 Å². The van der Waals surface area contributed by atoms with Crippen LogP contribution >= 0.6 is 15.9 Å². The Hall–Kier alpha value is -1.95. The molecule has 0 bridgehead atoms. The summed E-state index contributed by atoms with van der Waals surface area (Å²) in [5, 5.41) is 8.48. The molecule has 4 rings (SSSR count). The Morgan fingerprint density at radius 2 is 2.09 bits per heavy atom. The zero-order chi connectivity index (χ0) is 15.1. The first-order valence-corrected chi connectivity index (χ1v) is 8.19. The van der Waals surface area contributed by atoms with Crippen molar-refractivity contribution in [2.24, 2.45) is 4.99 Å². The third kappa shape index (κ3) is 2.18. The number of hydrogen-bond acceptors (Lipinski definition) is 4. The van der Waals surface area contributed by atoms with E-state index in [0.29, 0.717) is 6.54 Å². The first kappa shape index (κ1) is 13.7. The SMILES string of the molecule is Cc1nnc2n1-c1ccc(Br)cc1C(N1CC=CCC1)=NC2. The summed E-state index contributed by atoms with van der Waals surface area (Å²) in [4.78, 5) is 7.18. The molecule has 0 amide bonds. The van der Waals surface area contributed by atoms with E-state index < -0.39 is 0 Å². The van der Waals surface area contributed by atoms with Crippen LogP contribution in [0.4, 0.5) is 0 Å². The maximum Gasteiger partial charge on any atom is 0.159 e. The van der Waals surface area contributed by atoms with Gasteiger partial charge in [-0.05, 0) is 31.5 Å². The molecule has 2 aromatic rings. The highest BCUT2D eigenvalue weighted by Crippen LogP contribution is 2.27. The number of fused-ring (bicyclic) bond motifs is 3. The van der Waals surface area contributed by atoms with Crippen LogP contribution in [0, 0.1) is 6.92 Å². The summed E-state index contributed by atoms with van der Waals surface area (Å²) in [7, 11) is 0. The van der Waals surface area contributed by atoms with Crippen LogP contribution in [-0.4, -0.2) is 38.6 Å².